The number of hydrogen-bond donors (Lipinski definition) is 2. The highest BCUT2D eigenvalue weighted by atomic mass is 16.5. The quantitative estimate of drug-likeness (QED) is 0.637. The summed E-state index contributed by atoms with van der Waals surface area (Å²) in [6.07, 6.45) is 1.69. The number of nitrogen functional groups attached to an aromatic ring is 1. The number of ether oxygens (including phenoxy) is 1. The van der Waals surface area contributed by atoms with Crippen molar-refractivity contribution in [2.24, 2.45) is 0 Å². The topological polar surface area (TPSA) is 60.2 Å². The number of benzene rings is 2. The van der Waals surface area contributed by atoms with Gasteiger partial charge in [-0.15, -0.1) is 0 Å². The van der Waals surface area contributed by atoms with Crippen molar-refractivity contribution in [1.29, 1.82) is 0 Å². The van der Waals surface area contributed by atoms with Crippen molar-refractivity contribution >= 4 is 11.5 Å². The number of nitrogens with one attached hydrogen (secondary N) is 1. The predicted molar refractivity (Wildman–Crippen MR) is 112 cm³/mol. The first-order valence-electron chi connectivity index (χ1n) is 9.18. The Morgan fingerprint density at radius 1 is 1.00 bits per heavy atom. The number of anilines is 2. The van der Waals surface area contributed by atoms with E-state index in [4.69, 9.17) is 10.5 Å². The minimum Gasteiger partial charge on any atom is -0.489 e. The zero-order valence-corrected chi connectivity index (χ0v) is 16.2. The van der Waals surface area contributed by atoms with Crippen LogP contribution in [0.15, 0.2) is 66.9 Å². The smallest absolute Gasteiger partial charge is 0.146 e. The Morgan fingerprint density at radius 3 is 2.48 bits per heavy atom. The van der Waals surface area contributed by atoms with E-state index in [-0.39, 0.29) is 5.41 Å². The molecule has 4 nitrogen and oxygen atoms in total. The third kappa shape index (κ3) is 5.00. The molecule has 0 fully saturated rings. The molecule has 3 rings (SSSR count). The maximum Gasteiger partial charge on any atom is 0.146 e. The van der Waals surface area contributed by atoms with Gasteiger partial charge in [0.25, 0.3) is 0 Å². The molecule has 2 aromatic carbocycles. The first kappa shape index (κ1) is 18.8. The molecule has 0 aliphatic rings. The number of aromatic nitrogens is 1. The SMILES string of the molecule is CC(C)(C)c1ccc(OCc2ccccc2)c(CNc2cccnc2N)c1. The van der Waals surface area contributed by atoms with Crippen LogP contribution in [-0.2, 0) is 18.6 Å². The average molecular weight is 361 g/mol. The summed E-state index contributed by atoms with van der Waals surface area (Å²) in [6.45, 7) is 7.79. The van der Waals surface area contributed by atoms with Crippen molar-refractivity contribution < 1.29 is 4.74 Å². The maximum absolute atomic E-state index is 6.12. The van der Waals surface area contributed by atoms with E-state index in [1.54, 1.807) is 6.20 Å². The summed E-state index contributed by atoms with van der Waals surface area (Å²) < 4.78 is 6.12. The molecule has 1 aromatic heterocycles. The van der Waals surface area contributed by atoms with Crippen LogP contribution in [0.4, 0.5) is 11.5 Å². The van der Waals surface area contributed by atoms with E-state index in [0.29, 0.717) is 19.0 Å². The Balaban J connectivity index is 1.82. The highest BCUT2D eigenvalue weighted by Crippen LogP contribution is 2.29. The van der Waals surface area contributed by atoms with Gasteiger partial charge >= 0.3 is 0 Å². The summed E-state index contributed by atoms with van der Waals surface area (Å²) in [5.41, 5.74) is 10.4. The number of nitrogens with zero attached hydrogens (tertiary/aromatic N) is 1. The van der Waals surface area contributed by atoms with Gasteiger partial charge in [-0.2, -0.15) is 0 Å². The normalized spacial score (nSPS) is 11.2. The summed E-state index contributed by atoms with van der Waals surface area (Å²) in [4.78, 5) is 4.13. The van der Waals surface area contributed by atoms with Crippen molar-refractivity contribution in [2.45, 2.75) is 39.3 Å². The Bertz CT molecular complexity index is 886. The molecule has 0 unspecified atom stereocenters. The number of rotatable bonds is 6. The molecule has 3 N–H and O–H groups in total. The minimum absolute atomic E-state index is 0.0695. The molecule has 0 spiro atoms. The molecule has 0 amide bonds. The molecule has 0 aliphatic heterocycles. The standard InChI is InChI=1S/C23H27N3O/c1-23(2,3)19-11-12-21(27-16-17-8-5-4-6-9-17)18(14-19)15-26-20-10-7-13-25-22(20)24/h4-14,26H,15-16H2,1-3H3,(H2,24,25). The summed E-state index contributed by atoms with van der Waals surface area (Å²) in [5, 5.41) is 3.38. The van der Waals surface area contributed by atoms with Gasteiger partial charge in [-0.3, -0.25) is 0 Å². The molecule has 0 aliphatic carbocycles. The van der Waals surface area contributed by atoms with E-state index < -0.39 is 0 Å². The van der Waals surface area contributed by atoms with Crippen LogP contribution in [0.1, 0.15) is 37.5 Å². The van der Waals surface area contributed by atoms with Crippen molar-refractivity contribution in [2.75, 3.05) is 11.1 Å². The van der Waals surface area contributed by atoms with Crippen LogP contribution in [0, 0.1) is 0 Å². The van der Waals surface area contributed by atoms with E-state index in [1.165, 1.54) is 5.56 Å². The Morgan fingerprint density at radius 2 is 1.78 bits per heavy atom. The summed E-state index contributed by atoms with van der Waals surface area (Å²) in [6, 6.07) is 20.4. The molecule has 3 aromatic rings. The van der Waals surface area contributed by atoms with Gasteiger partial charge in [0, 0.05) is 18.3 Å². The van der Waals surface area contributed by atoms with Crippen molar-refractivity contribution in [3.8, 4) is 5.75 Å². The van der Waals surface area contributed by atoms with E-state index >= 15 is 0 Å². The van der Waals surface area contributed by atoms with E-state index in [2.05, 4.69) is 61.4 Å². The first-order valence-corrected chi connectivity index (χ1v) is 9.18. The van der Waals surface area contributed by atoms with Crippen LogP contribution >= 0.6 is 0 Å². The zero-order valence-electron chi connectivity index (χ0n) is 16.2. The minimum atomic E-state index is 0.0695. The highest BCUT2D eigenvalue weighted by Gasteiger charge is 2.16. The largest absolute Gasteiger partial charge is 0.489 e. The van der Waals surface area contributed by atoms with E-state index in [0.717, 1.165) is 22.6 Å². The summed E-state index contributed by atoms with van der Waals surface area (Å²) >= 11 is 0. The lowest BCUT2D eigenvalue weighted by Crippen LogP contribution is -2.13. The Labute approximate surface area is 161 Å². The lowest BCUT2D eigenvalue weighted by atomic mass is 9.86. The van der Waals surface area contributed by atoms with Gasteiger partial charge in [0.05, 0.1) is 5.69 Å². The van der Waals surface area contributed by atoms with Crippen molar-refractivity contribution in [3.63, 3.8) is 0 Å². The van der Waals surface area contributed by atoms with Crippen LogP contribution in [0.5, 0.6) is 5.75 Å². The average Bonchev–Trinajstić information content (AvgIpc) is 2.66. The van der Waals surface area contributed by atoms with Crippen LogP contribution in [0.3, 0.4) is 0 Å². The van der Waals surface area contributed by atoms with Crippen molar-refractivity contribution in [3.05, 3.63) is 83.6 Å². The van der Waals surface area contributed by atoms with Gasteiger partial charge in [-0.05, 0) is 40.8 Å². The molecule has 0 bridgehead atoms. The molecule has 0 saturated carbocycles. The van der Waals surface area contributed by atoms with E-state index in [1.807, 2.05) is 30.3 Å². The first-order chi connectivity index (χ1) is 12.9. The van der Waals surface area contributed by atoms with Crippen LogP contribution in [-0.4, -0.2) is 4.98 Å². The number of hydrogen-bond acceptors (Lipinski definition) is 4. The van der Waals surface area contributed by atoms with Gasteiger partial charge in [0.1, 0.15) is 18.2 Å². The summed E-state index contributed by atoms with van der Waals surface area (Å²) in [7, 11) is 0. The maximum atomic E-state index is 6.12. The fourth-order valence-electron chi connectivity index (χ4n) is 2.82. The monoisotopic (exact) mass is 361 g/mol. The molecular weight excluding hydrogens is 334 g/mol. The van der Waals surface area contributed by atoms with Crippen LogP contribution < -0.4 is 15.8 Å². The van der Waals surface area contributed by atoms with Gasteiger partial charge in [-0.25, -0.2) is 4.98 Å². The van der Waals surface area contributed by atoms with Gasteiger partial charge in [0.15, 0.2) is 0 Å². The molecule has 4 heteroatoms. The fraction of sp³-hybridized carbons (Fsp3) is 0.261. The summed E-state index contributed by atoms with van der Waals surface area (Å²) in [5.74, 6) is 1.37. The zero-order chi connectivity index (χ0) is 19.3. The van der Waals surface area contributed by atoms with Gasteiger partial charge in [-0.1, -0.05) is 57.2 Å². The number of nitrogens with two attached hydrogens (primary N) is 1. The fourth-order valence-corrected chi connectivity index (χ4v) is 2.82. The Hall–Kier alpha value is -3.01. The van der Waals surface area contributed by atoms with Crippen LogP contribution in [0.25, 0.3) is 0 Å². The molecule has 27 heavy (non-hydrogen) atoms. The second kappa shape index (κ2) is 8.12. The van der Waals surface area contributed by atoms with Crippen LogP contribution in [0.2, 0.25) is 0 Å². The second-order valence-corrected chi connectivity index (χ2v) is 7.64. The predicted octanol–water partition coefficient (Wildman–Crippen LogP) is 5.15. The molecular formula is C23H27N3O. The molecule has 140 valence electrons. The van der Waals surface area contributed by atoms with Crippen molar-refractivity contribution in [1.82, 2.24) is 4.98 Å². The molecule has 1 heterocycles. The van der Waals surface area contributed by atoms with Gasteiger partial charge in [0.2, 0.25) is 0 Å². The Kier molecular flexibility index (Phi) is 5.65. The van der Waals surface area contributed by atoms with E-state index in [9.17, 15) is 0 Å². The molecule has 0 saturated heterocycles. The highest BCUT2D eigenvalue weighted by molar-refractivity contribution is 5.61. The number of pyridine rings is 1. The second-order valence-electron chi connectivity index (χ2n) is 7.64. The third-order valence-electron chi connectivity index (χ3n) is 4.47. The lowest BCUT2D eigenvalue weighted by molar-refractivity contribution is 0.303. The molecule has 0 radical (unpaired) electrons. The third-order valence-corrected chi connectivity index (χ3v) is 4.47. The molecule has 0 atom stereocenters. The van der Waals surface area contributed by atoms with Gasteiger partial charge < -0.3 is 15.8 Å². The lowest BCUT2D eigenvalue weighted by Gasteiger charge is -2.22.